The normalized spacial score (nSPS) is 16.1. The highest BCUT2D eigenvalue weighted by Gasteiger charge is 2.16. The van der Waals surface area contributed by atoms with Crippen molar-refractivity contribution in [2.75, 3.05) is 11.0 Å². The monoisotopic (exact) mass is 287 g/mol. The van der Waals surface area contributed by atoms with Gasteiger partial charge in [-0.3, -0.25) is 4.90 Å². The Labute approximate surface area is 93.3 Å². The average molecular weight is 287 g/mol. The Hall–Kier alpha value is -0.0900. The van der Waals surface area contributed by atoms with Gasteiger partial charge in [-0.05, 0) is 24.1 Å². The SMILES string of the molecule is ICCCN1Cc2ccccc2C1. The molecule has 0 radical (unpaired) electrons. The first-order valence-electron chi connectivity index (χ1n) is 4.75. The molecule has 1 aromatic carbocycles. The van der Waals surface area contributed by atoms with Gasteiger partial charge in [0.25, 0.3) is 0 Å². The van der Waals surface area contributed by atoms with Gasteiger partial charge in [0.1, 0.15) is 0 Å². The van der Waals surface area contributed by atoms with E-state index in [1.807, 2.05) is 0 Å². The summed E-state index contributed by atoms with van der Waals surface area (Å²) in [6.07, 6.45) is 1.31. The van der Waals surface area contributed by atoms with Gasteiger partial charge in [-0.1, -0.05) is 46.9 Å². The Morgan fingerprint density at radius 3 is 2.31 bits per heavy atom. The summed E-state index contributed by atoms with van der Waals surface area (Å²) in [7, 11) is 0. The van der Waals surface area contributed by atoms with Crippen LogP contribution >= 0.6 is 22.6 Å². The van der Waals surface area contributed by atoms with Gasteiger partial charge >= 0.3 is 0 Å². The van der Waals surface area contributed by atoms with Crippen LogP contribution in [0.5, 0.6) is 0 Å². The van der Waals surface area contributed by atoms with Crippen molar-refractivity contribution in [2.45, 2.75) is 19.5 Å². The molecule has 0 atom stereocenters. The molecular weight excluding hydrogens is 273 g/mol. The van der Waals surface area contributed by atoms with E-state index in [4.69, 9.17) is 0 Å². The van der Waals surface area contributed by atoms with Crippen molar-refractivity contribution in [3.8, 4) is 0 Å². The van der Waals surface area contributed by atoms with Gasteiger partial charge in [0, 0.05) is 17.5 Å². The topological polar surface area (TPSA) is 3.24 Å². The van der Waals surface area contributed by atoms with Crippen LogP contribution in [-0.2, 0) is 13.1 Å². The lowest BCUT2D eigenvalue weighted by Gasteiger charge is -2.12. The van der Waals surface area contributed by atoms with Gasteiger partial charge in [0.2, 0.25) is 0 Å². The Bertz CT molecular complexity index is 260. The number of hydrogen-bond acceptors (Lipinski definition) is 1. The van der Waals surface area contributed by atoms with E-state index in [1.54, 1.807) is 0 Å². The Balaban J connectivity index is 1.97. The van der Waals surface area contributed by atoms with E-state index in [-0.39, 0.29) is 0 Å². The smallest absolute Gasteiger partial charge is 0.0240 e. The van der Waals surface area contributed by atoms with Crippen molar-refractivity contribution >= 4 is 22.6 Å². The minimum atomic E-state index is 1.16. The molecule has 0 spiro atoms. The number of fused-ring (bicyclic) bond motifs is 1. The lowest BCUT2D eigenvalue weighted by atomic mass is 10.1. The molecule has 0 aliphatic carbocycles. The maximum atomic E-state index is 2.53. The van der Waals surface area contributed by atoms with Crippen molar-refractivity contribution in [2.24, 2.45) is 0 Å². The molecule has 0 unspecified atom stereocenters. The molecule has 0 fully saturated rings. The van der Waals surface area contributed by atoms with E-state index >= 15 is 0 Å². The van der Waals surface area contributed by atoms with E-state index < -0.39 is 0 Å². The first-order chi connectivity index (χ1) is 6.40. The Kier molecular flexibility index (Phi) is 3.22. The summed E-state index contributed by atoms with van der Waals surface area (Å²) in [4.78, 5) is 2.53. The van der Waals surface area contributed by atoms with Gasteiger partial charge in [0.05, 0.1) is 0 Å². The number of benzene rings is 1. The molecule has 0 bridgehead atoms. The maximum Gasteiger partial charge on any atom is 0.0240 e. The van der Waals surface area contributed by atoms with Crippen LogP contribution in [0.15, 0.2) is 24.3 Å². The first-order valence-corrected chi connectivity index (χ1v) is 6.28. The number of halogens is 1. The highest BCUT2D eigenvalue weighted by molar-refractivity contribution is 14.1. The number of hydrogen-bond donors (Lipinski definition) is 0. The van der Waals surface area contributed by atoms with E-state index in [0.29, 0.717) is 0 Å². The fourth-order valence-corrected chi connectivity index (χ4v) is 2.19. The second kappa shape index (κ2) is 4.42. The van der Waals surface area contributed by atoms with E-state index in [9.17, 15) is 0 Å². The highest BCUT2D eigenvalue weighted by atomic mass is 127. The summed E-state index contributed by atoms with van der Waals surface area (Å²) >= 11 is 2.45. The number of rotatable bonds is 3. The molecule has 0 aromatic heterocycles. The molecule has 1 aliphatic heterocycles. The minimum Gasteiger partial charge on any atom is -0.295 e. The van der Waals surface area contributed by atoms with Crippen LogP contribution in [0.2, 0.25) is 0 Å². The lowest BCUT2D eigenvalue weighted by molar-refractivity contribution is 0.286. The molecule has 0 saturated carbocycles. The summed E-state index contributed by atoms with van der Waals surface area (Å²) in [5.74, 6) is 0. The van der Waals surface area contributed by atoms with Crippen LogP contribution in [0.4, 0.5) is 0 Å². The second-order valence-electron chi connectivity index (χ2n) is 3.52. The van der Waals surface area contributed by atoms with Crippen LogP contribution in [-0.4, -0.2) is 15.9 Å². The molecule has 0 amide bonds. The Morgan fingerprint density at radius 1 is 1.15 bits per heavy atom. The summed E-state index contributed by atoms with van der Waals surface area (Å²) in [5.41, 5.74) is 3.05. The van der Waals surface area contributed by atoms with Crippen molar-refractivity contribution in [3.63, 3.8) is 0 Å². The summed E-state index contributed by atoms with van der Waals surface area (Å²) in [6, 6.07) is 8.78. The van der Waals surface area contributed by atoms with Crippen LogP contribution < -0.4 is 0 Å². The summed E-state index contributed by atoms with van der Waals surface area (Å²) in [5, 5.41) is 0. The molecule has 70 valence electrons. The molecule has 13 heavy (non-hydrogen) atoms. The van der Waals surface area contributed by atoms with E-state index in [2.05, 4.69) is 51.8 Å². The molecule has 0 N–H and O–H groups in total. The van der Waals surface area contributed by atoms with Crippen LogP contribution in [0.3, 0.4) is 0 Å². The van der Waals surface area contributed by atoms with Crippen LogP contribution in [0, 0.1) is 0 Å². The van der Waals surface area contributed by atoms with E-state index in [1.165, 1.54) is 28.5 Å². The van der Waals surface area contributed by atoms with Crippen molar-refractivity contribution in [1.29, 1.82) is 0 Å². The molecule has 1 nitrogen and oxygen atoms in total. The molecule has 2 rings (SSSR count). The van der Waals surface area contributed by atoms with Crippen LogP contribution in [0.25, 0.3) is 0 Å². The van der Waals surface area contributed by atoms with Gasteiger partial charge in [0.15, 0.2) is 0 Å². The maximum absolute atomic E-state index is 2.53. The zero-order valence-electron chi connectivity index (χ0n) is 7.67. The fraction of sp³-hybridized carbons (Fsp3) is 0.455. The standard InChI is InChI=1S/C11H14IN/c12-6-3-7-13-8-10-4-1-2-5-11(10)9-13/h1-2,4-5H,3,6-9H2. The zero-order chi connectivity index (χ0) is 9.10. The van der Waals surface area contributed by atoms with Crippen molar-refractivity contribution < 1.29 is 0 Å². The molecular formula is C11H14IN. The highest BCUT2D eigenvalue weighted by Crippen LogP contribution is 2.21. The predicted octanol–water partition coefficient (Wildman–Crippen LogP) is 2.83. The quantitative estimate of drug-likeness (QED) is 0.610. The third-order valence-corrected chi connectivity index (χ3v) is 3.28. The van der Waals surface area contributed by atoms with Gasteiger partial charge in [-0.25, -0.2) is 0 Å². The first kappa shape index (κ1) is 9.46. The third kappa shape index (κ3) is 2.23. The molecule has 2 heteroatoms. The summed E-state index contributed by atoms with van der Waals surface area (Å²) in [6.45, 7) is 3.57. The third-order valence-electron chi connectivity index (χ3n) is 2.51. The molecule has 1 aromatic rings. The zero-order valence-corrected chi connectivity index (χ0v) is 9.83. The van der Waals surface area contributed by atoms with Gasteiger partial charge < -0.3 is 0 Å². The van der Waals surface area contributed by atoms with Crippen molar-refractivity contribution in [1.82, 2.24) is 4.90 Å². The Morgan fingerprint density at radius 2 is 1.77 bits per heavy atom. The summed E-state index contributed by atoms with van der Waals surface area (Å²) < 4.78 is 1.27. The lowest BCUT2D eigenvalue weighted by Crippen LogP contribution is -2.17. The second-order valence-corrected chi connectivity index (χ2v) is 4.60. The van der Waals surface area contributed by atoms with Crippen LogP contribution in [0.1, 0.15) is 17.5 Å². The predicted molar refractivity (Wildman–Crippen MR) is 64.1 cm³/mol. The number of nitrogens with zero attached hydrogens (tertiary/aromatic N) is 1. The van der Waals surface area contributed by atoms with Gasteiger partial charge in [-0.2, -0.15) is 0 Å². The van der Waals surface area contributed by atoms with E-state index in [0.717, 1.165) is 13.1 Å². The van der Waals surface area contributed by atoms with Crippen molar-refractivity contribution in [3.05, 3.63) is 35.4 Å². The molecule has 1 aliphatic rings. The molecule has 1 heterocycles. The number of alkyl halides is 1. The average Bonchev–Trinajstić information content (AvgIpc) is 2.57. The van der Waals surface area contributed by atoms with Gasteiger partial charge in [-0.15, -0.1) is 0 Å². The fourth-order valence-electron chi connectivity index (χ4n) is 1.85. The largest absolute Gasteiger partial charge is 0.295 e. The minimum absolute atomic E-state index is 1.16. The molecule has 0 saturated heterocycles.